The quantitative estimate of drug-likeness (QED) is 0.328. The van der Waals surface area contributed by atoms with Crippen molar-refractivity contribution in [1.82, 2.24) is 29.2 Å². The van der Waals surface area contributed by atoms with E-state index in [4.69, 9.17) is 4.74 Å². The zero-order valence-corrected chi connectivity index (χ0v) is 22.1. The van der Waals surface area contributed by atoms with Crippen LogP contribution in [0.5, 0.6) is 5.75 Å². The number of carbonyl (C=O) groups is 1. The van der Waals surface area contributed by atoms with E-state index in [1.807, 2.05) is 36.4 Å². The van der Waals surface area contributed by atoms with Crippen molar-refractivity contribution < 1.29 is 19.0 Å². The number of pyridine rings is 1. The predicted molar refractivity (Wildman–Crippen MR) is 148 cm³/mol. The van der Waals surface area contributed by atoms with Crippen LogP contribution in [-0.2, 0) is 13.2 Å². The van der Waals surface area contributed by atoms with Crippen molar-refractivity contribution in [2.24, 2.45) is 0 Å². The van der Waals surface area contributed by atoms with Crippen LogP contribution in [0.4, 0.5) is 4.39 Å². The number of hydrogen-bond donors (Lipinski definition) is 1. The summed E-state index contributed by atoms with van der Waals surface area (Å²) in [4.78, 5) is 36.2. The van der Waals surface area contributed by atoms with Gasteiger partial charge in [-0.1, -0.05) is 6.07 Å². The number of aromatic nitrogens is 5. The van der Waals surface area contributed by atoms with Gasteiger partial charge in [0.15, 0.2) is 5.65 Å². The summed E-state index contributed by atoms with van der Waals surface area (Å²) < 4.78 is 22.1. The van der Waals surface area contributed by atoms with Crippen molar-refractivity contribution in [1.29, 1.82) is 0 Å². The summed E-state index contributed by atoms with van der Waals surface area (Å²) in [5, 5.41) is 16.0. The van der Waals surface area contributed by atoms with E-state index in [9.17, 15) is 19.1 Å². The summed E-state index contributed by atoms with van der Waals surface area (Å²) in [6.45, 7) is 1.05. The Hall–Kier alpha value is -4.90. The van der Waals surface area contributed by atoms with E-state index in [-0.39, 0.29) is 30.9 Å². The predicted octanol–water partition coefficient (Wildman–Crippen LogP) is 3.36. The van der Waals surface area contributed by atoms with Gasteiger partial charge >= 0.3 is 0 Å². The lowest BCUT2D eigenvalue weighted by Crippen LogP contribution is -2.49. The van der Waals surface area contributed by atoms with Gasteiger partial charge in [0.2, 0.25) is 0 Å². The third-order valence-electron chi connectivity index (χ3n) is 7.31. The highest BCUT2D eigenvalue weighted by atomic mass is 19.1. The monoisotopic (exact) mass is 554 g/mol. The summed E-state index contributed by atoms with van der Waals surface area (Å²) in [5.74, 6) is 0.0185. The number of likely N-dealkylation sites (tertiary alicyclic amines) is 1. The highest BCUT2D eigenvalue weighted by Crippen LogP contribution is 2.26. The fourth-order valence-corrected chi connectivity index (χ4v) is 4.98. The molecule has 1 aliphatic heterocycles. The first-order valence-corrected chi connectivity index (χ1v) is 13.2. The Morgan fingerprint density at radius 2 is 1.80 bits per heavy atom. The summed E-state index contributed by atoms with van der Waals surface area (Å²) in [7, 11) is 0. The summed E-state index contributed by atoms with van der Waals surface area (Å²) in [6, 6.07) is 16.5. The molecule has 0 aliphatic carbocycles. The molecular formula is C30H27FN6O4. The van der Waals surface area contributed by atoms with Crippen molar-refractivity contribution in [2.75, 3.05) is 13.1 Å². The van der Waals surface area contributed by atoms with Crippen LogP contribution in [0.15, 0.2) is 90.4 Å². The highest BCUT2D eigenvalue weighted by Gasteiger charge is 2.35. The molecule has 2 aromatic carbocycles. The number of hydrogen-bond acceptors (Lipinski definition) is 7. The maximum atomic E-state index is 13.3. The van der Waals surface area contributed by atoms with Crippen LogP contribution in [0.1, 0.15) is 28.8 Å². The van der Waals surface area contributed by atoms with Gasteiger partial charge < -0.3 is 14.7 Å². The van der Waals surface area contributed by atoms with E-state index in [0.29, 0.717) is 47.7 Å². The minimum absolute atomic E-state index is 0.0386. The smallest absolute Gasteiger partial charge is 0.264 e. The van der Waals surface area contributed by atoms with Crippen LogP contribution in [0.25, 0.3) is 16.7 Å². The molecule has 10 nitrogen and oxygen atoms in total. The number of aliphatic hydroxyl groups is 1. The Morgan fingerprint density at radius 1 is 1.05 bits per heavy atom. The molecule has 3 aromatic heterocycles. The number of nitrogens with zero attached hydrogens (tertiary/aromatic N) is 6. The molecule has 1 N–H and O–H groups in total. The Morgan fingerprint density at radius 3 is 2.56 bits per heavy atom. The minimum Gasteiger partial charge on any atom is -0.489 e. The maximum absolute atomic E-state index is 13.3. The molecule has 1 aliphatic rings. The molecule has 4 heterocycles. The average Bonchev–Trinajstić information content (AvgIpc) is 3.44. The first-order valence-electron chi connectivity index (χ1n) is 13.2. The van der Waals surface area contributed by atoms with Crippen LogP contribution in [-0.4, -0.2) is 58.9 Å². The van der Waals surface area contributed by atoms with Crippen LogP contribution >= 0.6 is 0 Å². The Labute approximate surface area is 234 Å². The lowest BCUT2D eigenvalue weighted by atomic mass is 9.91. The first-order chi connectivity index (χ1) is 19.9. The van der Waals surface area contributed by atoms with Gasteiger partial charge in [0, 0.05) is 37.1 Å². The summed E-state index contributed by atoms with van der Waals surface area (Å²) in [6.07, 6.45) is 6.89. The topological polar surface area (TPSA) is 115 Å². The molecule has 0 spiro atoms. The van der Waals surface area contributed by atoms with Crippen LogP contribution in [0, 0.1) is 5.82 Å². The molecule has 208 valence electrons. The van der Waals surface area contributed by atoms with E-state index >= 15 is 0 Å². The zero-order chi connectivity index (χ0) is 28.4. The largest absolute Gasteiger partial charge is 0.489 e. The van der Waals surface area contributed by atoms with E-state index in [1.165, 1.54) is 41.4 Å². The number of piperidine rings is 1. The fourth-order valence-electron chi connectivity index (χ4n) is 4.98. The molecule has 6 rings (SSSR count). The molecule has 1 saturated heterocycles. The molecule has 1 fully saturated rings. The highest BCUT2D eigenvalue weighted by molar-refractivity contribution is 5.94. The Bertz CT molecular complexity index is 1740. The van der Waals surface area contributed by atoms with Gasteiger partial charge in [0.25, 0.3) is 11.5 Å². The van der Waals surface area contributed by atoms with Crippen molar-refractivity contribution in [3.63, 3.8) is 0 Å². The zero-order valence-electron chi connectivity index (χ0n) is 22.1. The fraction of sp³-hybridized carbons (Fsp3) is 0.233. The van der Waals surface area contributed by atoms with Crippen LogP contribution in [0.3, 0.4) is 0 Å². The van der Waals surface area contributed by atoms with E-state index in [2.05, 4.69) is 15.1 Å². The second-order valence-corrected chi connectivity index (χ2v) is 10.1. The molecule has 41 heavy (non-hydrogen) atoms. The summed E-state index contributed by atoms with van der Waals surface area (Å²) >= 11 is 0. The Kier molecular flexibility index (Phi) is 7.02. The number of amides is 1. The third kappa shape index (κ3) is 5.57. The van der Waals surface area contributed by atoms with Crippen LogP contribution < -0.4 is 10.3 Å². The standard InChI is InChI=1S/C30H27FN6O4/c31-23-6-4-22(5-7-23)28(38)35-14-10-30(40,11-15-35)19-36-20-33-27-26(29(36)39)17-34-37(27)24-2-1-3-25(16-24)41-18-21-8-12-32-13-9-21/h1-9,12-13,16-17,20,40H,10-11,14-15,18-19H2. The molecule has 0 radical (unpaired) electrons. The SMILES string of the molecule is O=C(c1ccc(F)cc1)N1CCC(O)(Cn2cnc3c(cnn3-c3cccc(OCc4ccncc4)c3)c2=O)CC1. The molecule has 0 bridgehead atoms. The second kappa shape index (κ2) is 10.9. The van der Waals surface area contributed by atoms with Gasteiger partial charge in [-0.25, -0.2) is 14.1 Å². The van der Waals surface area contributed by atoms with Crippen LogP contribution in [0.2, 0.25) is 0 Å². The molecule has 11 heteroatoms. The van der Waals surface area contributed by atoms with Gasteiger partial charge in [-0.2, -0.15) is 5.10 Å². The van der Waals surface area contributed by atoms with E-state index in [1.54, 1.807) is 22.0 Å². The van der Waals surface area contributed by atoms with Gasteiger partial charge in [-0.3, -0.25) is 19.1 Å². The molecule has 0 saturated carbocycles. The van der Waals surface area contributed by atoms with E-state index < -0.39 is 11.4 Å². The van der Waals surface area contributed by atoms with Crippen molar-refractivity contribution in [3.8, 4) is 11.4 Å². The summed E-state index contributed by atoms with van der Waals surface area (Å²) in [5.41, 5.74) is 0.965. The molecule has 5 aromatic rings. The number of fused-ring (bicyclic) bond motifs is 1. The molecule has 1 amide bonds. The first kappa shape index (κ1) is 26.3. The normalized spacial score (nSPS) is 14.7. The number of rotatable bonds is 7. The molecule has 0 atom stereocenters. The number of carbonyl (C=O) groups excluding carboxylic acids is 1. The van der Waals surface area contributed by atoms with E-state index in [0.717, 1.165) is 5.56 Å². The van der Waals surface area contributed by atoms with Gasteiger partial charge in [-0.05, 0) is 66.9 Å². The number of benzene rings is 2. The molecular weight excluding hydrogens is 527 g/mol. The van der Waals surface area contributed by atoms with Gasteiger partial charge in [0.1, 0.15) is 29.9 Å². The lowest BCUT2D eigenvalue weighted by Gasteiger charge is -2.38. The number of halogens is 1. The van der Waals surface area contributed by atoms with Crippen molar-refractivity contribution >= 4 is 16.9 Å². The molecule has 0 unspecified atom stereocenters. The van der Waals surface area contributed by atoms with Crippen molar-refractivity contribution in [2.45, 2.75) is 31.6 Å². The lowest BCUT2D eigenvalue weighted by molar-refractivity contribution is -0.0299. The Balaban J connectivity index is 1.15. The van der Waals surface area contributed by atoms with Crippen molar-refractivity contribution in [3.05, 3.63) is 113 Å². The minimum atomic E-state index is -1.19. The number of ether oxygens (including phenoxy) is 1. The van der Waals surface area contributed by atoms with Gasteiger partial charge in [-0.15, -0.1) is 0 Å². The maximum Gasteiger partial charge on any atom is 0.264 e. The average molecular weight is 555 g/mol. The second-order valence-electron chi connectivity index (χ2n) is 10.1. The van der Waals surface area contributed by atoms with Gasteiger partial charge in [0.05, 0.1) is 24.0 Å². The third-order valence-corrected chi connectivity index (χ3v) is 7.31.